The van der Waals surface area contributed by atoms with Crippen LogP contribution in [0.3, 0.4) is 0 Å². The molecule has 10 aromatic carbocycles. The van der Waals surface area contributed by atoms with Gasteiger partial charge in [0.05, 0.1) is 27.8 Å². The second-order valence-electron chi connectivity index (χ2n) is 14.5. The Bertz CT molecular complexity index is 3510. The molecule has 250 valence electrons. The predicted octanol–water partition coefficient (Wildman–Crippen LogP) is 14.2. The van der Waals surface area contributed by atoms with E-state index in [9.17, 15) is 0 Å². The van der Waals surface area contributed by atoms with E-state index in [1.165, 1.54) is 109 Å². The van der Waals surface area contributed by atoms with E-state index in [0.717, 1.165) is 0 Å². The Morgan fingerprint density at radius 2 is 0.741 bits per heavy atom. The fraction of sp³-hybridized carbons (Fsp3) is 0. The molecule has 54 heavy (non-hydrogen) atoms. The van der Waals surface area contributed by atoms with Gasteiger partial charge in [0.15, 0.2) is 0 Å². The van der Waals surface area contributed by atoms with Gasteiger partial charge in [-0.2, -0.15) is 0 Å². The average Bonchev–Trinajstić information content (AvgIpc) is 3.75. The van der Waals surface area contributed by atoms with Crippen molar-refractivity contribution < 1.29 is 0 Å². The molecule has 0 aliphatic rings. The van der Waals surface area contributed by atoms with Gasteiger partial charge in [-0.1, -0.05) is 140 Å². The Labute approximate surface area is 311 Å². The largest absolute Gasteiger partial charge is 0.309 e. The van der Waals surface area contributed by atoms with Crippen molar-refractivity contribution in [1.29, 1.82) is 0 Å². The zero-order valence-corrected chi connectivity index (χ0v) is 29.4. The summed E-state index contributed by atoms with van der Waals surface area (Å²) in [5.74, 6) is 0. The lowest BCUT2D eigenvalue weighted by atomic mass is 9.95. The van der Waals surface area contributed by atoms with Crippen molar-refractivity contribution in [2.24, 2.45) is 0 Å². The molecule has 0 aliphatic carbocycles. The summed E-state index contributed by atoms with van der Waals surface area (Å²) in [5, 5.41) is 15.2. The van der Waals surface area contributed by atoms with Gasteiger partial charge in [-0.05, 0) is 103 Å². The normalized spacial score (nSPS) is 12.1. The first-order chi connectivity index (χ1) is 26.8. The average molecular weight is 685 g/mol. The molecular weight excluding hydrogens is 653 g/mol. The number of benzene rings is 10. The maximum Gasteiger partial charge on any atom is 0.0547 e. The van der Waals surface area contributed by atoms with Crippen LogP contribution in [-0.2, 0) is 0 Å². The van der Waals surface area contributed by atoms with E-state index in [4.69, 9.17) is 0 Å². The monoisotopic (exact) mass is 684 g/mol. The number of fused-ring (bicyclic) bond motifs is 12. The minimum Gasteiger partial charge on any atom is -0.309 e. The van der Waals surface area contributed by atoms with E-state index in [0.29, 0.717) is 0 Å². The van der Waals surface area contributed by atoms with Gasteiger partial charge in [-0.25, -0.2) is 0 Å². The fourth-order valence-electron chi connectivity index (χ4n) is 9.19. The molecular formula is C52H32N2. The van der Waals surface area contributed by atoms with Gasteiger partial charge in [-0.15, -0.1) is 0 Å². The van der Waals surface area contributed by atoms with E-state index in [1.807, 2.05) is 0 Å². The number of nitrogens with zero attached hydrogens (tertiary/aromatic N) is 2. The number of rotatable bonds is 3. The van der Waals surface area contributed by atoms with Crippen LogP contribution in [0.1, 0.15) is 0 Å². The van der Waals surface area contributed by atoms with E-state index in [-0.39, 0.29) is 0 Å². The zero-order chi connectivity index (χ0) is 35.3. The summed E-state index contributed by atoms with van der Waals surface area (Å²) in [7, 11) is 0. The van der Waals surface area contributed by atoms with Crippen LogP contribution in [0.5, 0.6) is 0 Å². The highest BCUT2D eigenvalue weighted by Gasteiger charge is 2.18. The summed E-state index contributed by atoms with van der Waals surface area (Å²) in [6, 6.07) is 71.6. The molecule has 0 saturated carbocycles. The fourth-order valence-corrected chi connectivity index (χ4v) is 9.19. The van der Waals surface area contributed by atoms with Crippen molar-refractivity contribution >= 4 is 86.7 Å². The Morgan fingerprint density at radius 3 is 1.46 bits per heavy atom. The van der Waals surface area contributed by atoms with E-state index in [1.54, 1.807) is 0 Å². The quantitative estimate of drug-likeness (QED) is 0.164. The third-order valence-electron chi connectivity index (χ3n) is 11.7. The SMILES string of the molecule is c1ccc2cc(-n3c4ccccc4c4cc(-c5ccc6c(c5)c5ccccc5n6-c5cc6c7ccccc7ccc6c6ccccc56)ccc43)ccc2c1. The smallest absolute Gasteiger partial charge is 0.0547 e. The number of hydrogen-bond acceptors (Lipinski definition) is 0. The molecule has 0 atom stereocenters. The highest BCUT2D eigenvalue weighted by molar-refractivity contribution is 6.21. The summed E-state index contributed by atoms with van der Waals surface area (Å²) in [5.41, 5.74) is 9.65. The second-order valence-corrected chi connectivity index (χ2v) is 14.5. The lowest BCUT2D eigenvalue weighted by Gasteiger charge is -2.15. The third kappa shape index (κ3) is 4.17. The molecule has 0 amide bonds. The standard InChI is InChI=1S/C52H32N2/c1-2-13-35-29-38(25-21-33(35)11-1)53-48-19-9-7-17-43(48)46-30-36(23-27-50(46)53)37-24-28-51-47(31-37)44-18-8-10-20-49(44)54(51)52-32-45-39-14-4-3-12-34(39)22-26-41(45)40-15-5-6-16-42(40)52/h1-32H. The Kier molecular flexibility index (Phi) is 6.09. The molecule has 0 radical (unpaired) electrons. The van der Waals surface area contributed by atoms with Gasteiger partial charge >= 0.3 is 0 Å². The van der Waals surface area contributed by atoms with Gasteiger partial charge in [0.25, 0.3) is 0 Å². The van der Waals surface area contributed by atoms with Gasteiger partial charge in [0, 0.05) is 32.6 Å². The molecule has 0 bridgehead atoms. The maximum atomic E-state index is 2.48. The van der Waals surface area contributed by atoms with Crippen molar-refractivity contribution in [3.8, 4) is 22.5 Å². The summed E-state index contributed by atoms with van der Waals surface area (Å²) in [6.45, 7) is 0. The molecule has 0 N–H and O–H groups in total. The number of hydrogen-bond donors (Lipinski definition) is 0. The lowest BCUT2D eigenvalue weighted by molar-refractivity contribution is 1.19. The van der Waals surface area contributed by atoms with Crippen LogP contribution in [-0.4, -0.2) is 9.13 Å². The van der Waals surface area contributed by atoms with Gasteiger partial charge < -0.3 is 9.13 Å². The van der Waals surface area contributed by atoms with E-state index in [2.05, 4.69) is 203 Å². The van der Waals surface area contributed by atoms with Crippen LogP contribution in [0.4, 0.5) is 0 Å². The van der Waals surface area contributed by atoms with E-state index >= 15 is 0 Å². The summed E-state index contributed by atoms with van der Waals surface area (Å²) in [6.07, 6.45) is 0. The third-order valence-corrected chi connectivity index (χ3v) is 11.7. The van der Waals surface area contributed by atoms with Gasteiger partial charge in [0.2, 0.25) is 0 Å². The molecule has 12 aromatic rings. The molecule has 0 fully saturated rings. The molecule has 0 unspecified atom stereocenters. The molecule has 2 heterocycles. The first-order valence-corrected chi connectivity index (χ1v) is 18.7. The van der Waals surface area contributed by atoms with Crippen molar-refractivity contribution in [3.63, 3.8) is 0 Å². The highest BCUT2D eigenvalue weighted by Crippen LogP contribution is 2.41. The van der Waals surface area contributed by atoms with E-state index < -0.39 is 0 Å². The molecule has 0 aliphatic heterocycles. The van der Waals surface area contributed by atoms with Gasteiger partial charge in [0.1, 0.15) is 0 Å². The number of para-hydroxylation sites is 2. The van der Waals surface area contributed by atoms with Crippen LogP contribution in [0, 0.1) is 0 Å². The molecule has 2 nitrogen and oxygen atoms in total. The van der Waals surface area contributed by atoms with Crippen LogP contribution in [0.25, 0.3) is 109 Å². The second kappa shape index (κ2) is 11.2. The van der Waals surface area contributed by atoms with Crippen molar-refractivity contribution in [3.05, 3.63) is 194 Å². The van der Waals surface area contributed by atoms with Crippen LogP contribution >= 0.6 is 0 Å². The first kappa shape index (κ1) is 29.4. The summed E-state index contributed by atoms with van der Waals surface area (Å²) >= 11 is 0. The van der Waals surface area contributed by atoms with Crippen LogP contribution < -0.4 is 0 Å². The summed E-state index contributed by atoms with van der Waals surface area (Å²) in [4.78, 5) is 0. The van der Waals surface area contributed by atoms with Gasteiger partial charge in [-0.3, -0.25) is 0 Å². The molecule has 0 saturated heterocycles. The van der Waals surface area contributed by atoms with Crippen molar-refractivity contribution in [1.82, 2.24) is 9.13 Å². The minimum atomic E-state index is 1.18. The minimum absolute atomic E-state index is 1.18. The predicted molar refractivity (Wildman–Crippen MR) is 231 cm³/mol. The number of aromatic nitrogens is 2. The zero-order valence-electron chi connectivity index (χ0n) is 29.4. The summed E-state index contributed by atoms with van der Waals surface area (Å²) < 4.78 is 4.90. The molecule has 0 spiro atoms. The molecule has 12 rings (SSSR count). The highest BCUT2D eigenvalue weighted by atomic mass is 15.0. The van der Waals surface area contributed by atoms with Crippen molar-refractivity contribution in [2.75, 3.05) is 0 Å². The lowest BCUT2D eigenvalue weighted by Crippen LogP contribution is -1.96. The van der Waals surface area contributed by atoms with Crippen LogP contribution in [0.15, 0.2) is 194 Å². The topological polar surface area (TPSA) is 9.86 Å². The first-order valence-electron chi connectivity index (χ1n) is 18.7. The Morgan fingerprint density at radius 1 is 0.241 bits per heavy atom. The molecule has 2 aromatic heterocycles. The van der Waals surface area contributed by atoms with Crippen molar-refractivity contribution in [2.45, 2.75) is 0 Å². The molecule has 2 heteroatoms. The Hall–Kier alpha value is -7.16. The van der Waals surface area contributed by atoms with Crippen LogP contribution in [0.2, 0.25) is 0 Å². The Balaban J connectivity index is 1.08. The maximum absolute atomic E-state index is 2.48.